The molecule has 3 rings (SSSR count). The molecule has 49 heavy (non-hydrogen) atoms. The van der Waals surface area contributed by atoms with Gasteiger partial charge < -0.3 is 30.1 Å². The Kier molecular flexibility index (Phi) is 18.7. The van der Waals surface area contributed by atoms with Gasteiger partial charge in [-0.05, 0) is 113 Å². The highest BCUT2D eigenvalue weighted by Gasteiger charge is 2.50. The van der Waals surface area contributed by atoms with Gasteiger partial charge in [-0.1, -0.05) is 76.8 Å². The van der Waals surface area contributed by atoms with Crippen LogP contribution in [0.1, 0.15) is 103 Å². The molecule has 2 aliphatic rings. The van der Waals surface area contributed by atoms with E-state index in [-0.39, 0.29) is 23.9 Å². The molecule has 0 fully saturated rings. The minimum absolute atomic E-state index is 0.104. The lowest BCUT2D eigenvalue weighted by molar-refractivity contribution is -0.121. The smallest absolute Gasteiger partial charge is 0.269 e. The SMILES string of the molecule is COC1=C(Br)[C@H](O)[C@@]2(C=C1Br)CC(C(=O)NCCc1cc(Br)c(OCCCNC(=O)CCCCCCCCCCCC(C)C)c(Br)c1)=NO2. The number of nitrogens with zero attached hydrogens (tertiary/aromatic N) is 1. The molecule has 3 N–H and O–H groups in total. The molecular formula is C36H51Br4N3O6. The lowest BCUT2D eigenvalue weighted by atomic mass is 9.87. The molecule has 1 aliphatic heterocycles. The van der Waals surface area contributed by atoms with Crippen LogP contribution in [0.4, 0.5) is 0 Å². The molecule has 1 aromatic carbocycles. The van der Waals surface area contributed by atoms with Crippen LogP contribution in [0.25, 0.3) is 0 Å². The van der Waals surface area contributed by atoms with E-state index in [1.165, 1.54) is 58.5 Å². The number of allylic oxidation sites excluding steroid dienone is 1. The Balaban J connectivity index is 1.27. The number of oxime groups is 1. The first-order valence-corrected chi connectivity index (χ1v) is 20.6. The first-order chi connectivity index (χ1) is 23.5. The summed E-state index contributed by atoms with van der Waals surface area (Å²) >= 11 is 14.0. The minimum atomic E-state index is -1.20. The van der Waals surface area contributed by atoms with Crippen molar-refractivity contribution in [3.8, 4) is 5.75 Å². The molecule has 9 nitrogen and oxygen atoms in total. The van der Waals surface area contributed by atoms with E-state index in [2.05, 4.69) is 93.4 Å². The molecule has 0 radical (unpaired) electrons. The van der Waals surface area contributed by atoms with Crippen molar-refractivity contribution in [1.82, 2.24) is 10.6 Å². The quantitative estimate of drug-likeness (QED) is 0.1000. The molecule has 0 saturated carbocycles. The highest BCUT2D eigenvalue weighted by molar-refractivity contribution is 9.12. The molecule has 13 heteroatoms. The summed E-state index contributed by atoms with van der Waals surface area (Å²) in [6.45, 7) is 6.01. The standard InChI is InChI=1S/C36H51Br4N3O6/c1-24(2)14-11-9-7-5-4-6-8-10-12-15-30(44)41-17-13-19-48-32-26(37)20-25(21-27(32)38)16-18-42-35(46)29-23-36(49-43-29)22-28(39)33(47-3)31(40)34(36)45/h20-22,24,34,45H,4-19,23H2,1-3H3,(H,41,44)(H,42,46)/t34-,36+/m0/s1. The Morgan fingerprint density at radius 3 is 2.22 bits per heavy atom. The van der Waals surface area contributed by atoms with Gasteiger partial charge in [-0.25, -0.2) is 0 Å². The number of methoxy groups -OCH3 is 1. The maximum atomic E-state index is 12.9. The van der Waals surface area contributed by atoms with E-state index < -0.39 is 11.7 Å². The van der Waals surface area contributed by atoms with Gasteiger partial charge in [0.05, 0.1) is 31.6 Å². The van der Waals surface area contributed by atoms with E-state index in [1.807, 2.05) is 12.1 Å². The minimum Gasteiger partial charge on any atom is -0.495 e. The van der Waals surface area contributed by atoms with E-state index in [0.717, 1.165) is 33.3 Å². The summed E-state index contributed by atoms with van der Waals surface area (Å²) in [4.78, 5) is 30.6. The van der Waals surface area contributed by atoms with Gasteiger partial charge in [0, 0.05) is 25.9 Å². The zero-order chi connectivity index (χ0) is 35.8. The van der Waals surface area contributed by atoms with Crippen molar-refractivity contribution >= 4 is 81.2 Å². The Hall–Kier alpha value is -1.41. The third kappa shape index (κ3) is 13.6. The fourth-order valence-electron chi connectivity index (χ4n) is 5.77. The van der Waals surface area contributed by atoms with Crippen molar-refractivity contribution in [2.45, 2.75) is 115 Å². The lowest BCUT2D eigenvalue weighted by Gasteiger charge is -2.33. The van der Waals surface area contributed by atoms with Crippen LogP contribution in [0.2, 0.25) is 0 Å². The Morgan fingerprint density at radius 2 is 1.59 bits per heavy atom. The molecule has 1 aromatic rings. The lowest BCUT2D eigenvalue weighted by Crippen LogP contribution is -2.45. The van der Waals surface area contributed by atoms with Gasteiger partial charge in [-0.3, -0.25) is 9.59 Å². The number of aliphatic hydroxyl groups is 1. The Bertz CT molecular complexity index is 1330. The number of rotatable bonds is 22. The number of hydrogen-bond acceptors (Lipinski definition) is 7. The summed E-state index contributed by atoms with van der Waals surface area (Å²) in [5.74, 6) is 1.72. The summed E-state index contributed by atoms with van der Waals surface area (Å²) in [6, 6.07) is 3.93. The number of benzene rings is 1. The second kappa shape index (κ2) is 21.8. The molecule has 0 aromatic heterocycles. The number of carbonyl (C=O) groups is 2. The van der Waals surface area contributed by atoms with E-state index in [9.17, 15) is 14.7 Å². The fraction of sp³-hybridized carbons (Fsp3) is 0.639. The van der Waals surface area contributed by atoms with Crippen LogP contribution in [-0.4, -0.2) is 61.1 Å². The summed E-state index contributed by atoms with van der Waals surface area (Å²) < 4.78 is 13.9. The number of aliphatic hydroxyl groups excluding tert-OH is 1. The number of carbonyl (C=O) groups excluding carboxylic acids is 2. The van der Waals surface area contributed by atoms with Gasteiger partial charge in [0.2, 0.25) is 5.91 Å². The van der Waals surface area contributed by atoms with Crippen molar-refractivity contribution in [3.63, 3.8) is 0 Å². The number of hydrogen-bond donors (Lipinski definition) is 3. The summed E-state index contributed by atoms with van der Waals surface area (Å²) in [5, 5.41) is 20.7. The average Bonchev–Trinajstić information content (AvgIpc) is 3.48. The highest BCUT2D eigenvalue weighted by atomic mass is 79.9. The van der Waals surface area contributed by atoms with Crippen molar-refractivity contribution in [2.24, 2.45) is 11.1 Å². The summed E-state index contributed by atoms with van der Waals surface area (Å²) in [6.07, 6.45) is 15.2. The first-order valence-electron chi connectivity index (χ1n) is 17.4. The molecule has 1 spiro atoms. The molecule has 2 amide bonds. The molecule has 274 valence electrons. The van der Waals surface area contributed by atoms with Crippen molar-refractivity contribution in [1.29, 1.82) is 0 Å². The van der Waals surface area contributed by atoms with Crippen LogP contribution in [0.5, 0.6) is 5.75 Å². The van der Waals surface area contributed by atoms with Crippen LogP contribution in [0, 0.1) is 5.92 Å². The molecule has 1 heterocycles. The molecule has 0 bridgehead atoms. The predicted octanol–water partition coefficient (Wildman–Crippen LogP) is 9.12. The predicted molar refractivity (Wildman–Crippen MR) is 209 cm³/mol. The number of amides is 2. The maximum absolute atomic E-state index is 12.9. The molecule has 1 aliphatic carbocycles. The maximum Gasteiger partial charge on any atom is 0.269 e. The number of nitrogens with one attached hydrogen (secondary N) is 2. The second-order valence-corrected chi connectivity index (χ2v) is 16.5. The Labute approximate surface area is 325 Å². The number of ether oxygens (including phenoxy) is 2. The van der Waals surface area contributed by atoms with Crippen molar-refractivity contribution in [3.05, 3.63) is 47.4 Å². The van der Waals surface area contributed by atoms with E-state index in [0.29, 0.717) is 59.4 Å². The van der Waals surface area contributed by atoms with Gasteiger partial charge in [-0.2, -0.15) is 0 Å². The monoisotopic (exact) mass is 937 g/mol. The molecule has 0 unspecified atom stereocenters. The van der Waals surface area contributed by atoms with Crippen LogP contribution in [-0.2, 0) is 25.6 Å². The van der Waals surface area contributed by atoms with E-state index in [1.54, 1.807) is 6.08 Å². The largest absolute Gasteiger partial charge is 0.495 e. The average molecular weight is 941 g/mol. The second-order valence-electron chi connectivity index (χ2n) is 13.1. The normalized spacial score (nSPS) is 18.8. The third-order valence-corrected chi connectivity index (χ3v) is 11.1. The molecule has 0 saturated heterocycles. The summed E-state index contributed by atoms with van der Waals surface area (Å²) in [5.41, 5.74) is -0.00906. The molecular weight excluding hydrogens is 890 g/mol. The zero-order valence-corrected chi connectivity index (χ0v) is 35.2. The van der Waals surface area contributed by atoms with E-state index >= 15 is 0 Å². The van der Waals surface area contributed by atoms with E-state index in [4.69, 9.17) is 14.3 Å². The van der Waals surface area contributed by atoms with Crippen LogP contribution in [0.3, 0.4) is 0 Å². The van der Waals surface area contributed by atoms with Crippen molar-refractivity contribution < 1.29 is 29.0 Å². The molecule has 2 atom stereocenters. The van der Waals surface area contributed by atoms with Gasteiger partial charge in [0.25, 0.3) is 5.91 Å². The topological polar surface area (TPSA) is 118 Å². The number of unbranched alkanes of at least 4 members (excludes halogenated alkanes) is 8. The van der Waals surface area contributed by atoms with Crippen molar-refractivity contribution in [2.75, 3.05) is 26.8 Å². The van der Waals surface area contributed by atoms with Crippen LogP contribution in [0.15, 0.2) is 47.0 Å². The highest BCUT2D eigenvalue weighted by Crippen LogP contribution is 2.44. The van der Waals surface area contributed by atoms with Crippen LogP contribution < -0.4 is 15.4 Å². The fourth-order valence-corrected chi connectivity index (χ4v) is 9.08. The van der Waals surface area contributed by atoms with Crippen LogP contribution >= 0.6 is 63.7 Å². The Morgan fingerprint density at radius 1 is 0.959 bits per heavy atom. The van der Waals surface area contributed by atoms with Gasteiger partial charge in [-0.15, -0.1) is 0 Å². The van der Waals surface area contributed by atoms with Gasteiger partial charge in [0.15, 0.2) is 5.60 Å². The van der Waals surface area contributed by atoms with Gasteiger partial charge >= 0.3 is 0 Å². The summed E-state index contributed by atoms with van der Waals surface area (Å²) in [7, 11) is 1.50. The third-order valence-electron chi connectivity index (χ3n) is 8.58. The first kappa shape index (κ1) is 42.0. The zero-order valence-electron chi connectivity index (χ0n) is 28.9. The van der Waals surface area contributed by atoms with Gasteiger partial charge in [0.1, 0.15) is 23.3 Å². The number of halogens is 4.